The Labute approximate surface area is 89.3 Å². The highest BCUT2D eigenvalue weighted by Crippen LogP contribution is 2.20. The minimum atomic E-state index is -0.889. The summed E-state index contributed by atoms with van der Waals surface area (Å²) in [6.07, 6.45) is -0.889. The van der Waals surface area contributed by atoms with Crippen molar-refractivity contribution in [2.24, 2.45) is 0 Å². The van der Waals surface area contributed by atoms with E-state index in [-0.39, 0.29) is 0 Å². The van der Waals surface area contributed by atoms with Crippen molar-refractivity contribution in [3.63, 3.8) is 0 Å². The molecule has 2 N–H and O–H groups in total. The SMILES string of the molecule is CN1CCN(c2cccc(N)c2)CC1F. The molecule has 2 rings (SSSR count). The molecule has 1 aliphatic rings. The van der Waals surface area contributed by atoms with Crippen molar-refractivity contribution >= 4 is 11.4 Å². The average Bonchev–Trinajstić information content (AvgIpc) is 2.22. The maximum absolute atomic E-state index is 13.5. The molecule has 0 saturated carbocycles. The summed E-state index contributed by atoms with van der Waals surface area (Å²) in [5.74, 6) is 0. The maximum atomic E-state index is 13.5. The van der Waals surface area contributed by atoms with Gasteiger partial charge in [0, 0.05) is 24.5 Å². The van der Waals surface area contributed by atoms with Gasteiger partial charge in [0.2, 0.25) is 0 Å². The molecule has 1 atom stereocenters. The second-order valence-corrected chi connectivity index (χ2v) is 3.96. The third kappa shape index (κ3) is 2.21. The molecule has 1 unspecified atom stereocenters. The van der Waals surface area contributed by atoms with Crippen LogP contribution in [-0.4, -0.2) is 37.9 Å². The van der Waals surface area contributed by atoms with Gasteiger partial charge in [0.25, 0.3) is 0 Å². The molecule has 0 bridgehead atoms. The Morgan fingerprint density at radius 1 is 1.40 bits per heavy atom. The van der Waals surface area contributed by atoms with Crippen LogP contribution in [0.2, 0.25) is 0 Å². The number of piperazine rings is 1. The van der Waals surface area contributed by atoms with Crippen molar-refractivity contribution < 1.29 is 4.39 Å². The van der Waals surface area contributed by atoms with E-state index in [1.54, 1.807) is 11.9 Å². The molecule has 1 fully saturated rings. The number of hydrogen-bond donors (Lipinski definition) is 1. The Morgan fingerprint density at radius 2 is 2.20 bits per heavy atom. The molecule has 3 nitrogen and oxygen atoms in total. The smallest absolute Gasteiger partial charge is 0.171 e. The number of benzene rings is 1. The summed E-state index contributed by atoms with van der Waals surface area (Å²) in [6, 6.07) is 7.59. The number of nitrogens with zero attached hydrogens (tertiary/aromatic N) is 2. The Kier molecular flexibility index (Phi) is 2.77. The van der Waals surface area contributed by atoms with Crippen molar-refractivity contribution in [2.75, 3.05) is 37.3 Å². The van der Waals surface area contributed by atoms with E-state index in [1.807, 2.05) is 29.2 Å². The van der Waals surface area contributed by atoms with E-state index in [2.05, 4.69) is 0 Å². The van der Waals surface area contributed by atoms with E-state index in [1.165, 1.54) is 0 Å². The second-order valence-electron chi connectivity index (χ2n) is 3.96. The molecular weight excluding hydrogens is 193 g/mol. The van der Waals surface area contributed by atoms with E-state index in [0.29, 0.717) is 6.54 Å². The van der Waals surface area contributed by atoms with Crippen molar-refractivity contribution in [2.45, 2.75) is 6.30 Å². The Hall–Kier alpha value is -1.29. The minimum absolute atomic E-state index is 0.417. The largest absolute Gasteiger partial charge is 0.399 e. The first-order valence-electron chi connectivity index (χ1n) is 5.11. The lowest BCUT2D eigenvalue weighted by Crippen LogP contribution is -2.49. The number of anilines is 2. The van der Waals surface area contributed by atoms with Gasteiger partial charge in [-0.1, -0.05) is 6.07 Å². The monoisotopic (exact) mass is 209 g/mol. The van der Waals surface area contributed by atoms with Gasteiger partial charge in [0.05, 0.1) is 6.54 Å². The van der Waals surface area contributed by atoms with Crippen molar-refractivity contribution in [3.05, 3.63) is 24.3 Å². The maximum Gasteiger partial charge on any atom is 0.171 e. The van der Waals surface area contributed by atoms with Gasteiger partial charge in [0.1, 0.15) is 0 Å². The van der Waals surface area contributed by atoms with Crippen LogP contribution in [-0.2, 0) is 0 Å². The van der Waals surface area contributed by atoms with Crippen LogP contribution < -0.4 is 10.6 Å². The van der Waals surface area contributed by atoms with Crippen LogP contribution in [0.15, 0.2) is 24.3 Å². The standard InChI is InChI=1S/C11H16FN3/c1-14-5-6-15(8-11(14)12)10-4-2-3-9(13)7-10/h2-4,7,11H,5-6,8,13H2,1H3. The highest BCUT2D eigenvalue weighted by Gasteiger charge is 2.23. The van der Waals surface area contributed by atoms with Crippen LogP contribution >= 0.6 is 0 Å². The molecule has 82 valence electrons. The predicted octanol–water partition coefficient (Wildman–Crippen LogP) is 1.32. The number of nitrogens with two attached hydrogens (primary N) is 1. The van der Waals surface area contributed by atoms with Gasteiger partial charge in [-0.2, -0.15) is 0 Å². The van der Waals surface area contributed by atoms with Crippen LogP contribution in [0.25, 0.3) is 0 Å². The molecule has 0 radical (unpaired) electrons. The minimum Gasteiger partial charge on any atom is -0.399 e. The van der Waals surface area contributed by atoms with Gasteiger partial charge in [-0.15, -0.1) is 0 Å². The summed E-state index contributed by atoms with van der Waals surface area (Å²) in [5.41, 5.74) is 7.43. The third-order valence-corrected chi connectivity index (χ3v) is 2.81. The first-order valence-corrected chi connectivity index (χ1v) is 5.11. The quantitative estimate of drug-likeness (QED) is 0.559. The van der Waals surface area contributed by atoms with Crippen LogP contribution in [0.4, 0.5) is 15.8 Å². The zero-order valence-corrected chi connectivity index (χ0v) is 8.86. The number of halogens is 1. The van der Waals surface area contributed by atoms with Crippen molar-refractivity contribution in [1.82, 2.24) is 4.90 Å². The molecule has 1 aliphatic heterocycles. The van der Waals surface area contributed by atoms with Crippen molar-refractivity contribution in [1.29, 1.82) is 0 Å². The average molecular weight is 209 g/mol. The van der Waals surface area contributed by atoms with Crippen LogP contribution in [0.5, 0.6) is 0 Å². The first kappa shape index (κ1) is 10.2. The fraction of sp³-hybridized carbons (Fsp3) is 0.455. The fourth-order valence-electron chi connectivity index (χ4n) is 1.79. The Balaban J connectivity index is 2.12. The third-order valence-electron chi connectivity index (χ3n) is 2.81. The summed E-state index contributed by atoms with van der Waals surface area (Å²) in [4.78, 5) is 3.75. The summed E-state index contributed by atoms with van der Waals surface area (Å²) in [7, 11) is 1.81. The van der Waals surface area contributed by atoms with Crippen LogP contribution in [0.3, 0.4) is 0 Å². The van der Waals surface area contributed by atoms with E-state index in [0.717, 1.165) is 24.5 Å². The highest BCUT2D eigenvalue weighted by molar-refractivity contribution is 5.56. The van der Waals surface area contributed by atoms with Crippen molar-refractivity contribution in [3.8, 4) is 0 Å². The zero-order valence-electron chi connectivity index (χ0n) is 8.86. The predicted molar refractivity (Wildman–Crippen MR) is 60.6 cm³/mol. The lowest BCUT2D eigenvalue weighted by molar-refractivity contribution is 0.0973. The molecule has 1 heterocycles. The van der Waals surface area contributed by atoms with Gasteiger partial charge in [-0.3, -0.25) is 4.90 Å². The zero-order chi connectivity index (χ0) is 10.8. The van der Waals surface area contributed by atoms with E-state index >= 15 is 0 Å². The van der Waals surface area contributed by atoms with Gasteiger partial charge >= 0.3 is 0 Å². The normalized spacial score (nSPS) is 23.1. The second kappa shape index (κ2) is 4.06. The number of hydrogen-bond acceptors (Lipinski definition) is 3. The number of rotatable bonds is 1. The summed E-state index contributed by atoms with van der Waals surface area (Å²) in [5, 5.41) is 0. The lowest BCUT2D eigenvalue weighted by atomic mass is 10.2. The Morgan fingerprint density at radius 3 is 2.87 bits per heavy atom. The molecule has 1 aromatic rings. The molecular formula is C11H16FN3. The molecule has 1 saturated heterocycles. The molecule has 0 spiro atoms. The molecule has 0 aromatic heterocycles. The Bertz CT molecular complexity index is 342. The molecule has 15 heavy (non-hydrogen) atoms. The van der Waals surface area contributed by atoms with Gasteiger partial charge in [-0.25, -0.2) is 4.39 Å². The number of alkyl halides is 1. The number of nitrogen functional groups attached to an aromatic ring is 1. The van der Waals surface area contributed by atoms with E-state index < -0.39 is 6.30 Å². The fourth-order valence-corrected chi connectivity index (χ4v) is 1.79. The summed E-state index contributed by atoms with van der Waals surface area (Å²) < 4.78 is 13.5. The number of likely N-dealkylation sites (N-methyl/N-ethyl adjacent to an activating group) is 1. The first-order chi connectivity index (χ1) is 7.16. The molecule has 0 aliphatic carbocycles. The van der Waals surface area contributed by atoms with Crippen LogP contribution in [0.1, 0.15) is 0 Å². The van der Waals surface area contributed by atoms with E-state index in [9.17, 15) is 4.39 Å². The molecule has 4 heteroatoms. The highest BCUT2D eigenvalue weighted by atomic mass is 19.1. The van der Waals surface area contributed by atoms with Crippen LogP contribution in [0, 0.1) is 0 Å². The summed E-state index contributed by atoms with van der Waals surface area (Å²) >= 11 is 0. The van der Waals surface area contributed by atoms with Gasteiger partial charge in [0.15, 0.2) is 6.30 Å². The lowest BCUT2D eigenvalue weighted by Gasteiger charge is -2.36. The molecule has 0 amide bonds. The topological polar surface area (TPSA) is 32.5 Å². The van der Waals surface area contributed by atoms with Gasteiger partial charge < -0.3 is 10.6 Å². The van der Waals surface area contributed by atoms with E-state index in [4.69, 9.17) is 5.73 Å². The van der Waals surface area contributed by atoms with Gasteiger partial charge in [-0.05, 0) is 25.2 Å². The summed E-state index contributed by atoms with van der Waals surface area (Å²) in [6.45, 7) is 2.01. The molecule has 1 aromatic carbocycles.